The van der Waals surface area contributed by atoms with Gasteiger partial charge in [0.15, 0.2) is 11.9 Å². The van der Waals surface area contributed by atoms with Crippen molar-refractivity contribution >= 4 is 28.9 Å². The molecule has 0 radical (unpaired) electrons. The van der Waals surface area contributed by atoms with Crippen molar-refractivity contribution in [1.82, 2.24) is 19.5 Å². The highest BCUT2D eigenvalue weighted by Crippen LogP contribution is 2.47. The van der Waals surface area contributed by atoms with Crippen LogP contribution in [0.5, 0.6) is 0 Å². The first-order chi connectivity index (χ1) is 29.0. The smallest absolute Gasteiger partial charge is 0.223 e. The van der Waals surface area contributed by atoms with Gasteiger partial charge in [-0.2, -0.15) is 4.98 Å². The molecule has 10 heteroatoms. The van der Waals surface area contributed by atoms with Crippen LogP contribution in [-0.4, -0.2) is 55.8 Å². The molecule has 1 saturated heterocycles. The number of nitrogen functional groups attached to an aromatic ring is 1. The zero-order valence-corrected chi connectivity index (χ0v) is 33.2. The summed E-state index contributed by atoms with van der Waals surface area (Å²) in [4.78, 5) is 13.7. The molecule has 0 saturated carbocycles. The molecule has 6 aromatic carbocycles. The van der Waals surface area contributed by atoms with Crippen LogP contribution in [0, 0.1) is 0 Å². The van der Waals surface area contributed by atoms with Crippen LogP contribution in [0.2, 0.25) is 0 Å². The summed E-state index contributed by atoms with van der Waals surface area (Å²) < 4.78 is 23.8. The Bertz CT molecular complexity index is 2410. The second-order valence-electron chi connectivity index (χ2n) is 14.4. The van der Waals surface area contributed by atoms with Crippen LogP contribution >= 0.6 is 11.8 Å². The lowest BCUT2D eigenvalue weighted by molar-refractivity contribution is -0.131. The minimum absolute atomic E-state index is 0.0190. The Kier molecular flexibility index (Phi) is 10.8. The molecule has 3 heterocycles. The maximum Gasteiger partial charge on any atom is 0.223 e. The van der Waals surface area contributed by atoms with Crippen LogP contribution in [0.4, 0.5) is 5.95 Å². The van der Waals surface area contributed by atoms with Gasteiger partial charge in [0, 0.05) is 0 Å². The predicted molar refractivity (Wildman–Crippen MR) is 231 cm³/mol. The average Bonchev–Trinajstić information content (AvgIpc) is 3.86. The third kappa shape index (κ3) is 6.98. The monoisotopic (exact) mass is 797 g/mol. The number of rotatable bonds is 13. The number of benzene rings is 6. The second kappa shape index (κ2) is 16.6. The number of aliphatic hydroxyl groups excluding tert-OH is 1. The molecule has 1 fully saturated rings. The van der Waals surface area contributed by atoms with Crippen molar-refractivity contribution in [2.75, 3.05) is 18.6 Å². The summed E-state index contributed by atoms with van der Waals surface area (Å²) in [6, 6.07) is 60.9. The molecule has 0 unspecified atom stereocenters. The van der Waals surface area contributed by atoms with Crippen LogP contribution in [0.25, 0.3) is 11.2 Å². The van der Waals surface area contributed by atoms with Gasteiger partial charge in [-0.3, -0.25) is 4.57 Å². The molecule has 0 amide bonds. The molecule has 0 bridgehead atoms. The van der Waals surface area contributed by atoms with Crippen LogP contribution in [-0.2, 0) is 25.4 Å². The lowest BCUT2D eigenvalue weighted by Crippen LogP contribution is -2.46. The number of ether oxygens (including phenoxy) is 3. The number of hydrogen-bond acceptors (Lipinski definition) is 9. The molecule has 0 aliphatic carbocycles. The minimum atomic E-state index is -1.23. The largest absolute Gasteiger partial charge is 0.386 e. The number of hydrogen-bond donors (Lipinski definition) is 2. The van der Waals surface area contributed by atoms with E-state index in [0.29, 0.717) is 16.2 Å². The van der Waals surface area contributed by atoms with Crippen molar-refractivity contribution in [3.05, 3.63) is 222 Å². The van der Waals surface area contributed by atoms with E-state index in [1.807, 2.05) is 115 Å². The van der Waals surface area contributed by atoms with E-state index in [2.05, 4.69) is 87.7 Å². The number of nitrogens with zero attached hydrogens (tertiary/aromatic N) is 4. The number of aliphatic hydroxyl groups is 1. The van der Waals surface area contributed by atoms with Gasteiger partial charge in [-0.05, 0) is 39.6 Å². The summed E-state index contributed by atoms with van der Waals surface area (Å²) in [6.07, 6.45) is -0.469. The molecular weight excluding hydrogens is 755 g/mol. The van der Waals surface area contributed by atoms with Crippen molar-refractivity contribution < 1.29 is 19.3 Å². The van der Waals surface area contributed by atoms with Crippen LogP contribution in [0.1, 0.15) is 39.6 Å². The number of imidazole rings is 1. The van der Waals surface area contributed by atoms with E-state index in [9.17, 15) is 5.11 Å². The Morgan fingerprint density at radius 3 is 1.44 bits per heavy atom. The van der Waals surface area contributed by atoms with Gasteiger partial charge in [-0.15, -0.1) is 11.8 Å². The van der Waals surface area contributed by atoms with E-state index in [0.717, 1.165) is 33.4 Å². The number of thioether (sulfide) groups is 1. The van der Waals surface area contributed by atoms with Gasteiger partial charge in [0.25, 0.3) is 0 Å². The third-order valence-electron chi connectivity index (χ3n) is 11.0. The Labute approximate surface area is 347 Å². The van der Waals surface area contributed by atoms with Gasteiger partial charge in [0.1, 0.15) is 40.1 Å². The van der Waals surface area contributed by atoms with Crippen molar-refractivity contribution in [2.45, 2.75) is 40.8 Å². The number of aromatic nitrogens is 4. The maximum atomic E-state index is 12.8. The summed E-state index contributed by atoms with van der Waals surface area (Å²) in [5, 5.41) is 13.4. The van der Waals surface area contributed by atoms with E-state index in [1.54, 1.807) is 10.9 Å². The van der Waals surface area contributed by atoms with E-state index >= 15 is 0 Å². The molecular formula is C49H43N5O4S. The summed E-state index contributed by atoms with van der Waals surface area (Å²) in [5.74, 6) is 0.0957. The second-order valence-corrected chi connectivity index (χ2v) is 15.2. The predicted octanol–water partition coefficient (Wildman–Crippen LogP) is 8.77. The van der Waals surface area contributed by atoms with Gasteiger partial charge in [-0.1, -0.05) is 182 Å². The van der Waals surface area contributed by atoms with Crippen molar-refractivity contribution in [3.8, 4) is 0 Å². The zero-order valence-electron chi connectivity index (χ0n) is 32.4. The molecule has 8 aromatic rings. The fourth-order valence-corrected chi connectivity index (χ4v) is 8.89. The average molecular weight is 798 g/mol. The topological polar surface area (TPSA) is 118 Å². The van der Waals surface area contributed by atoms with Crippen molar-refractivity contribution in [1.29, 1.82) is 0 Å². The highest BCUT2D eigenvalue weighted by molar-refractivity contribution is 7.98. The van der Waals surface area contributed by atoms with Gasteiger partial charge >= 0.3 is 0 Å². The fourth-order valence-electron chi connectivity index (χ4n) is 8.37. The number of fused-ring (bicyclic) bond motifs is 1. The van der Waals surface area contributed by atoms with E-state index in [4.69, 9.17) is 19.9 Å². The van der Waals surface area contributed by atoms with Gasteiger partial charge < -0.3 is 25.1 Å². The molecule has 1 aliphatic heterocycles. The highest BCUT2D eigenvalue weighted by Gasteiger charge is 2.52. The van der Waals surface area contributed by atoms with E-state index in [-0.39, 0.29) is 12.6 Å². The summed E-state index contributed by atoms with van der Waals surface area (Å²) in [7, 11) is 0. The Hall–Kier alpha value is -6.14. The quantitative estimate of drug-likeness (QED) is 0.0671. The first-order valence-corrected chi connectivity index (χ1v) is 20.8. The molecule has 9 nitrogen and oxygen atoms in total. The van der Waals surface area contributed by atoms with Gasteiger partial charge in [0.2, 0.25) is 5.95 Å². The molecule has 9 rings (SSSR count). The van der Waals surface area contributed by atoms with E-state index < -0.39 is 35.7 Å². The molecule has 2 aromatic heterocycles. The zero-order chi connectivity index (χ0) is 40.2. The number of nitrogens with two attached hydrogens (primary N) is 1. The van der Waals surface area contributed by atoms with Gasteiger partial charge in [0.05, 0.1) is 12.9 Å². The molecule has 3 N–H and O–H groups in total. The fraction of sp³-hybridized carbons (Fsp3) is 0.163. The lowest BCUT2D eigenvalue weighted by atomic mass is 9.79. The highest BCUT2D eigenvalue weighted by atomic mass is 32.2. The SMILES string of the molecule is CSc1nc(N)nc2c1ncn2[C@@H]1O[C@H](COC(c2ccccc2)(c2ccccc2)c2ccccc2)[C@@H](OC(c2ccccc2)(c2ccccc2)c2ccccc2)[C@H]1O. The first-order valence-electron chi connectivity index (χ1n) is 19.6. The van der Waals surface area contributed by atoms with Crippen LogP contribution in [0.15, 0.2) is 193 Å². The van der Waals surface area contributed by atoms with Crippen LogP contribution < -0.4 is 5.73 Å². The standard InChI is InChI=1S/C49H43N5O4S/c1-59-45-41-44(52-47(50)53-45)54(33-51-41)46-42(55)43(58-49(37-26-14-5-15-27-37,38-28-16-6-17-29-38)39-30-18-7-19-31-39)40(57-46)32-56-48(34-20-8-2-9-21-34,35-22-10-3-11-23-35)36-24-12-4-13-25-36/h2-31,33,40,42-43,46,55H,32H2,1H3,(H2,50,52,53)/t40-,42-,43-,46-/m1/s1. The first kappa shape index (κ1) is 38.4. The Morgan fingerprint density at radius 2 is 1.03 bits per heavy atom. The van der Waals surface area contributed by atoms with Crippen LogP contribution in [0.3, 0.4) is 0 Å². The summed E-state index contributed by atoms with van der Waals surface area (Å²) in [6.45, 7) is 0.0190. The normalized spacial score (nSPS) is 18.3. The minimum Gasteiger partial charge on any atom is -0.386 e. The van der Waals surface area contributed by atoms with Crippen molar-refractivity contribution in [2.24, 2.45) is 0 Å². The van der Waals surface area contributed by atoms with Crippen molar-refractivity contribution in [3.63, 3.8) is 0 Å². The summed E-state index contributed by atoms with van der Waals surface area (Å²) >= 11 is 1.42. The maximum absolute atomic E-state index is 12.8. The molecule has 0 spiro atoms. The summed E-state index contributed by atoms with van der Waals surface area (Å²) in [5.41, 5.74) is 10.5. The Balaban J connectivity index is 1.22. The third-order valence-corrected chi connectivity index (χ3v) is 11.7. The molecule has 1 aliphatic rings. The Morgan fingerprint density at radius 1 is 0.627 bits per heavy atom. The lowest BCUT2D eigenvalue weighted by Gasteiger charge is -2.41. The molecule has 294 valence electrons. The van der Waals surface area contributed by atoms with E-state index in [1.165, 1.54) is 11.8 Å². The molecule has 4 atom stereocenters. The number of anilines is 1. The van der Waals surface area contributed by atoms with Gasteiger partial charge in [-0.25, -0.2) is 9.97 Å². The molecule has 59 heavy (non-hydrogen) atoms.